The highest BCUT2D eigenvalue weighted by atomic mass is 31.2. The normalized spacial score (nSPS) is 17.1. The van der Waals surface area contributed by atoms with Crippen LogP contribution in [0.15, 0.2) is 0 Å². The lowest BCUT2D eigenvalue weighted by Crippen LogP contribution is -2.19. The molecule has 0 rings (SSSR count). The number of aliphatic hydroxyl groups is 1. The molecule has 0 saturated carbocycles. The van der Waals surface area contributed by atoms with Crippen LogP contribution in [0.5, 0.6) is 0 Å². The van der Waals surface area contributed by atoms with E-state index in [9.17, 15) is 9.13 Å². The fourth-order valence-electron chi connectivity index (χ4n) is 0.0747. The van der Waals surface area contributed by atoms with Crippen LogP contribution in [0.4, 0.5) is 0 Å². The standard InChI is InChI=1S/C3H9NO.H4O5P2/c1-3(5)4-2;1-6(2)5-7(3)4/h3-5H,1-2H3;6-7H,(H,1,2)(H,3,4). The first kappa shape index (κ1) is 14.8. The minimum atomic E-state index is -3.20. The molecule has 0 aliphatic heterocycles. The summed E-state index contributed by atoms with van der Waals surface area (Å²) < 4.78 is 22.3. The van der Waals surface area contributed by atoms with Crippen LogP contribution in [0.25, 0.3) is 0 Å². The summed E-state index contributed by atoms with van der Waals surface area (Å²) in [6.45, 7) is 1.67. The molecule has 3 unspecified atom stereocenters. The second-order valence-corrected chi connectivity index (χ2v) is 3.48. The second-order valence-electron chi connectivity index (χ2n) is 1.60. The molecule has 0 heterocycles. The van der Waals surface area contributed by atoms with Crippen molar-refractivity contribution in [1.29, 1.82) is 0 Å². The molecule has 4 N–H and O–H groups in total. The van der Waals surface area contributed by atoms with Crippen LogP contribution in [0.2, 0.25) is 0 Å². The summed E-state index contributed by atoms with van der Waals surface area (Å²) >= 11 is 0. The highest BCUT2D eigenvalue weighted by Crippen LogP contribution is 2.30. The molecular weight excluding hydrogens is 208 g/mol. The topological polar surface area (TPSA) is 116 Å². The molecular formula is C3H13NO6P2. The van der Waals surface area contributed by atoms with Crippen molar-refractivity contribution in [2.75, 3.05) is 7.05 Å². The quantitative estimate of drug-likeness (QED) is 0.368. The Morgan fingerprint density at radius 2 is 1.58 bits per heavy atom. The molecule has 0 aromatic heterocycles. The van der Waals surface area contributed by atoms with Gasteiger partial charge in [0.1, 0.15) is 6.23 Å². The molecule has 3 atom stereocenters. The second kappa shape index (κ2) is 9.35. The van der Waals surface area contributed by atoms with Crippen molar-refractivity contribution < 1.29 is 28.3 Å². The van der Waals surface area contributed by atoms with Gasteiger partial charge in [-0.15, -0.1) is 0 Å². The van der Waals surface area contributed by atoms with Crippen LogP contribution < -0.4 is 5.32 Å². The monoisotopic (exact) mass is 221 g/mol. The van der Waals surface area contributed by atoms with E-state index in [1.54, 1.807) is 14.0 Å². The van der Waals surface area contributed by atoms with Crippen molar-refractivity contribution in [3.63, 3.8) is 0 Å². The van der Waals surface area contributed by atoms with Crippen molar-refractivity contribution in [2.45, 2.75) is 13.2 Å². The highest BCUT2D eigenvalue weighted by Gasteiger charge is 1.93. The van der Waals surface area contributed by atoms with Gasteiger partial charge in [0.15, 0.2) is 0 Å². The first-order valence-corrected chi connectivity index (χ1v) is 5.42. The molecule has 0 radical (unpaired) electrons. The molecule has 0 bridgehead atoms. The molecule has 0 amide bonds. The maximum atomic E-state index is 9.44. The summed E-state index contributed by atoms with van der Waals surface area (Å²) in [5, 5.41) is 10.8. The zero-order valence-electron chi connectivity index (χ0n) is 6.64. The summed E-state index contributed by atoms with van der Waals surface area (Å²) in [4.78, 5) is 15.4. The third kappa shape index (κ3) is 22.5. The smallest absolute Gasteiger partial charge is 0.323 e. The predicted molar refractivity (Wildman–Crippen MR) is 44.3 cm³/mol. The van der Waals surface area contributed by atoms with Gasteiger partial charge in [-0.3, -0.25) is 14.4 Å². The summed E-state index contributed by atoms with van der Waals surface area (Å²) in [5.74, 6) is 0. The molecule has 9 heteroatoms. The van der Waals surface area contributed by atoms with Gasteiger partial charge in [-0.05, 0) is 14.0 Å². The van der Waals surface area contributed by atoms with Crippen LogP contribution in [0.3, 0.4) is 0 Å². The van der Waals surface area contributed by atoms with E-state index in [1.807, 2.05) is 0 Å². The Morgan fingerprint density at radius 3 is 1.58 bits per heavy atom. The fraction of sp³-hybridized carbons (Fsp3) is 1.00. The minimum Gasteiger partial charge on any atom is -0.379 e. The molecule has 0 aliphatic carbocycles. The van der Waals surface area contributed by atoms with Crippen LogP contribution in [0.1, 0.15) is 6.92 Å². The number of hydrogen-bond donors (Lipinski definition) is 4. The van der Waals surface area contributed by atoms with Crippen molar-refractivity contribution in [3.8, 4) is 0 Å². The van der Waals surface area contributed by atoms with E-state index < -0.39 is 16.5 Å². The SMILES string of the molecule is CNC(C)O.O=[PH](O)O[PH](=O)O. The number of aliphatic hydroxyl groups excluding tert-OH is 1. The molecule has 0 aromatic carbocycles. The summed E-state index contributed by atoms with van der Waals surface area (Å²) in [6, 6.07) is 0. The van der Waals surface area contributed by atoms with Gasteiger partial charge in [0.25, 0.3) is 0 Å². The van der Waals surface area contributed by atoms with E-state index in [0.29, 0.717) is 0 Å². The molecule has 7 nitrogen and oxygen atoms in total. The third-order valence-corrected chi connectivity index (χ3v) is 1.99. The van der Waals surface area contributed by atoms with Gasteiger partial charge in [-0.25, -0.2) is 4.31 Å². The van der Waals surface area contributed by atoms with Crippen LogP contribution in [-0.2, 0) is 13.4 Å². The molecule has 0 aromatic rings. The zero-order valence-corrected chi connectivity index (χ0v) is 8.64. The van der Waals surface area contributed by atoms with E-state index in [2.05, 4.69) is 9.63 Å². The van der Waals surface area contributed by atoms with E-state index >= 15 is 0 Å². The van der Waals surface area contributed by atoms with E-state index in [4.69, 9.17) is 14.9 Å². The summed E-state index contributed by atoms with van der Waals surface area (Å²) in [5.41, 5.74) is 0. The Kier molecular flexibility index (Phi) is 11.5. The van der Waals surface area contributed by atoms with Gasteiger partial charge in [0.05, 0.1) is 0 Å². The van der Waals surface area contributed by atoms with Crippen molar-refractivity contribution in [1.82, 2.24) is 5.32 Å². The average molecular weight is 221 g/mol. The number of rotatable bonds is 3. The van der Waals surface area contributed by atoms with Crippen molar-refractivity contribution in [2.24, 2.45) is 0 Å². The van der Waals surface area contributed by atoms with Crippen LogP contribution in [-0.4, -0.2) is 28.2 Å². The maximum Gasteiger partial charge on any atom is 0.323 e. The Balaban J connectivity index is 0. The van der Waals surface area contributed by atoms with E-state index in [-0.39, 0.29) is 6.23 Å². The molecule has 76 valence electrons. The maximum absolute atomic E-state index is 9.44. The summed E-state index contributed by atoms with van der Waals surface area (Å²) in [6.07, 6.45) is -0.366. The summed E-state index contributed by atoms with van der Waals surface area (Å²) in [7, 11) is -4.70. The molecule has 0 spiro atoms. The Bertz CT molecular complexity index is 138. The fourth-order valence-corrected chi connectivity index (χ4v) is 0.672. The lowest BCUT2D eigenvalue weighted by Gasteiger charge is -1.94. The first-order chi connectivity index (χ1) is 5.40. The average Bonchev–Trinajstić information content (AvgIpc) is 1.85. The zero-order chi connectivity index (χ0) is 10.1. The third-order valence-electron chi connectivity index (χ3n) is 0.592. The van der Waals surface area contributed by atoms with E-state index in [1.165, 1.54) is 0 Å². The number of nitrogens with one attached hydrogen (secondary N) is 1. The lowest BCUT2D eigenvalue weighted by atomic mass is 10.7. The van der Waals surface area contributed by atoms with Gasteiger partial charge < -0.3 is 14.9 Å². The highest BCUT2D eigenvalue weighted by molar-refractivity contribution is 7.46. The van der Waals surface area contributed by atoms with Gasteiger partial charge in [-0.1, -0.05) is 0 Å². The Morgan fingerprint density at radius 1 is 1.33 bits per heavy atom. The largest absolute Gasteiger partial charge is 0.379 e. The first-order valence-electron chi connectivity index (χ1n) is 2.89. The lowest BCUT2D eigenvalue weighted by molar-refractivity contribution is 0.167. The van der Waals surface area contributed by atoms with Crippen molar-refractivity contribution in [3.05, 3.63) is 0 Å². The van der Waals surface area contributed by atoms with Gasteiger partial charge >= 0.3 is 16.5 Å². The van der Waals surface area contributed by atoms with Crippen LogP contribution in [0, 0.1) is 0 Å². The Hall–Kier alpha value is 0.260. The van der Waals surface area contributed by atoms with Crippen LogP contribution >= 0.6 is 16.5 Å². The van der Waals surface area contributed by atoms with E-state index in [0.717, 1.165) is 0 Å². The Labute approximate surface area is 71.3 Å². The molecule has 0 fully saturated rings. The van der Waals surface area contributed by atoms with Gasteiger partial charge in [0, 0.05) is 0 Å². The molecule has 12 heavy (non-hydrogen) atoms. The molecule has 0 saturated heterocycles. The predicted octanol–water partition coefficient (Wildman–Crippen LogP) is -0.689. The number of hydrogen-bond acceptors (Lipinski definition) is 5. The minimum absolute atomic E-state index is 0.366. The van der Waals surface area contributed by atoms with Crippen molar-refractivity contribution >= 4 is 16.5 Å². The van der Waals surface area contributed by atoms with Gasteiger partial charge in [-0.2, -0.15) is 0 Å². The van der Waals surface area contributed by atoms with Gasteiger partial charge in [0.2, 0.25) is 0 Å². The molecule has 0 aliphatic rings.